The average molecular weight is 323 g/mol. The van der Waals surface area contributed by atoms with E-state index in [1.54, 1.807) is 12.1 Å². The second-order valence-electron chi connectivity index (χ2n) is 5.09. The lowest BCUT2D eigenvalue weighted by Crippen LogP contribution is -2.04. The second kappa shape index (κ2) is 6.67. The van der Waals surface area contributed by atoms with Crippen molar-refractivity contribution in [2.45, 2.75) is 0 Å². The molecule has 0 fully saturated rings. The molecule has 0 saturated carbocycles. The van der Waals surface area contributed by atoms with Crippen molar-refractivity contribution in [1.29, 1.82) is 0 Å². The minimum absolute atomic E-state index is 0.398. The van der Waals surface area contributed by atoms with Crippen LogP contribution in [0.25, 0.3) is 22.3 Å². The second-order valence-corrected chi connectivity index (χ2v) is 5.53. The highest BCUT2D eigenvalue weighted by molar-refractivity contribution is 6.31. The Balaban J connectivity index is 2.23. The molecule has 0 atom stereocenters. The van der Waals surface area contributed by atoms with E-state index in [1.165, 1.54) is 7.11 Å². The summed E-state index contributed by atoms with van der Waals surface area (Å²) in [6.45, 7) is 0. The SMILES string of the molecule is COC(=O)c1cc(Cl)ccc1-c1ccccc1-c1ccccc1. The molecular formula is C20H15ClO2. The molecule has 3 rings (SSSR count). The van der Waals surface area contributed by atoms with Crippen molar-refractivity contribution in [3.05, 3.63) is 83.4 Å². The Hall–Kier alpha value is -2.58. The zero-order chi connectivity index (χ0) is 16.2. The van der Waals surface area contributed by atoms with E-state index in [1.807, 2.05) is 60.7 Å². The summed E-state index contributed by atoms with van der Waals surface area (Å²) >= 11 is 6.05. The van der Waals surface area contributed by atoms with Crippen LogP contribution in [0, 0.1) is 0 Å². The highest BCUT2D eigenvalue weighted by Gasteiger charge is 2.16. The predicted molar refractivity (Wildman–Crippen MR) is 93.7 cm³/mol. The maximum absolute atomic E-state index is 12.1. The molecule has 23 heavy (non-hydrogen) atoms. The molecular weight excluding hydrogens is 308 g/mol. The van der Waals surface area contributed by atoms with Crippen LogP contribution >= 0.6 is 11.6 Å². The van der Waals surface area contributed by atoms with Gasteiger partial charge >= 0.3 is 5.97 Å². The summed E-state index contributed by atoms with van der Waals surface area (Å²) in [5.41, 5.74) is 4.38. The van der Waals surface area contributed by atoms with Crippen LogP contribution in [0.15, 0.2) is 72.8 Å². The van der Waals surface area contributed by atoms with Crippen molar-refractivity contribution in [3.63, 3.8) is 0 Å². The maximum Gasteiger partial charge on any atom is 0.338 e. The van der Waals surface area contributed by atoms with Crippen molar-refractivity contribution in [2.24, 2.45) is 0 Å². The summed E-state index contributed by atoms with van der Waals surface area (Å²) < 4.78 is 4.90. The smallest absolute Gasteiger partial charge is 0.338 e. The molecule has 0 unspecified atom stereocenters. The molecule has 0 bridgehead atoms. The van der Waals surface area contributed by atoms with E-state index < -0.39 is 5.97 Å². The average Bonchev–Trinajstić information content (AvgIpc) is 2.62. The van der Waals surface area contributed by atoms with Gasteiger partial charge in [-0.2, -0.15) is 0 Å². The Morgan fingerprint density at radius 3 is 2.17 bits per heavy atom. The zero-order valence-corrected chi connectivity index (χ0v) is 13.4. The van der Waals surface area contributed by atoms with Gasteiger partial charge in [-0.3, -0.25) is 0 Å². The first-order valence-electron chi connectivity index (χ1n) is 7.23. The van der Waals surface area contributed by atoms with E-state index in [-0.39, 0.29) is 0 Å². The number of carbonyl (C=O) groups excluding carboxylic acids is 1. The fourth-order valence-electron chi connectivity index (χ4n) is 2.62. The van der Waals surface area contributed by atoms with Gasteiger partial charge in [0.2, 0.25) is 0 Å². The van der Waals surface area contributed by atoms with Crippen LogP contribution < -0.4 is 0 Å². The molecule has 0 radical (unpaired) electrons. The molecule has 0 spiro atoms. The lowest BCUT2D eigenvalue weighted by atomic mass is 9.92. The van der Waals surface area contributed by atoms with E-state index in [4.69, 9.17) is 16.3 Å². The summed E-state index contributed by atoms with van der Waals surface area (Å²) in [6, 6.07) is 23.3. The number of hydrogen-bond donors (Lipinski definition) is 0. The first-order valence-corrected chi connectivity index (χ1v) is 7.61. The molecule has 2 nitrogen and oxygen atoms in total. The Morgan fingerprint density at radius 2 is 1.48 bits per heavy atom. The van der Waals surface area contributed by atoms with Gasteiger partial charge in [0.1, 0.15) is 0 Å². The van der Waals surface area contributed by atoms with Crippen molar-refractivity contribution in [1.82, 2.24) is 0 Å². The standard InChI is InChI=1S/C20H15ClO2/c1-23-20(22)19-13-15(21)11-12-18(19)17-10-6-5-9-16(17)14-7-3-2-4-8-14/h2-13H,1H3. The number of hydrogen-bond acceptors (Lipinski definition) is 2. The van der Waals surface area contributed by atoms with Gasteiger partial charge in [0.25, 0.3) is 0 Å². The molecule has 0 aliphatic heterocycles. The maximum atomic E-state index is 12.1. The zero-order valence-electron chi connectivity index (χ0n) is 12.6. The topological polar surface area (TPSA) is 26.3 Å². The number of carbonyl (C=O) groups is 1. The Kier molecular flexibility index (Phi) is 4.45. The van der Waals surface area contributed by atoms with Gasteiger partial charge in [-0.1, -0.05) is 72.3 Å². The van der Waals surface area contributed by atoms with Gasteiger partial charge in [0.05, 0.1) is 12.7 Å². The first-order chi connectivity index (χ1) is 11.2. The Labute approximate surface area is 140 Å². The molecule has 0 aliphatic carbocycles. The van der Waals surface area contributed by atoms with Crippen LogP contribution in [0.2, 0.25) is 5.02 Å². The highest BCUT2D eigenvalue weighted by atomic mass is 35.5. The molecule has 3 aromatic carbocycles. The van der Waals surface area contributed by atoms with Crippen molar-refractivity contribution >= 4 is 17.6 Å². The molecule has 0 amide bonds. The number of benzene rings is 3. The van der Waals surface area contributed by atoms with E-state index in [9.17, 15) is 4.79 Å². The third-order valence-corrected chi connectivity index (χ3v) is 3.92. The van der Waals surface area contributed by atoms with Crippen LogP contribution in [-0.4, -0.2) is 13.1 Å². The highest BCUT2D eigenvalue weighted by Crippen LogP contribution is 2.35. The van der Waals surface area contributed by atoms with Crippen LogP contribution in [0.1, 0.15) is 10.4 Å². The van der Waals surface area contributed by atoms with Crippen LogP contribution in [0.3, 0.4) is 0 Å². The number of esters is 1. The molecule has 0 saturated heterocycles. The number of rotatable bonds is 3. The number of ether oxygens (including phenoxy) is 1. The summed E-state index contributed by atoms with van der Waals surface area (Å²) in [7, 11) is 1.37. The molecule has 0 heterocycles. The van der Waals surface area contributed by atoms with Gasteiger partial charge in [0, 0.05) is 5.02 Å². The normalized spacial score (nSPS) is 10.3. The summed E-state index contributed by atoms with van der Waals surface area (Å²) in [5, 5.41) is 0.506. The van der Waals surface area contributed by atoms with Crippen molar-refractivity contribution in [3.8, 4) is 22.3 Å². The third kappa shape index (κ3) is 3.13. The molecule has 0 N–H and O–H groups in total. The van der Waals surface area contributed by atoms with Crippen molar-refractivity contribution < 1.29 is 9.53 Å². The first kappa shape index (κ1) is 15.3. The molecule has 0 aromatic heterocycles. The van der Waals surface area contributed by atoms with Gasteiger partial charge in [-0.05, 0) is 34.4 Å². The van der Waals surface area contributed by atoms with Gasteiger partial charge in [0.15, 0.2) is 0 Å². The lowest BCUT2D eigenvalue weighted by molar-refractivity contribution is 0.0601. The Morgan fingerprint density at radius 1 is 0.826 bits per heavy atom. The fraction of sp³-hybridized carbons (Fsp3) is 0.0500. The minimum atomic E-state index is -0.398. The Bertz CT molecular complexity index is 841. The van der Waals surface area contributed by atoms with Gasteiger partial charge in [-0.25, -0.2) is 4.79 Å². The fourth-order valence-corrected chi connectivity index (χ4v) is 2.79. The van der Waals surface area contributed by atoms with Crippen LogP contribution in [0.5, 0.6) is 0 Å². The number of methoxy groups -OCH3 is 1. The largest absolute Gasteiger partial charge is 0.465 e. The lowest BCUT2D eigenvalue weighted by Gasteiger charge is -2.13. The van der Waals surface area contributed by atoms with Crippen LogP contribution in [0.4, 0.5) is 0 Å². The number of halogens is 1. The minimum Gasteiger partial charge on any atom is -0.465 e. The molecule has 3 heteroatoms. The summed E-state index contributed by atoms with van der Waals surface area (Å²) in [5.74, 6) is -0.398. The van der Waals surface area contributed by atoms with E-state index in [2.05, 4.69) is 0 Å². The van der Waals surface area contributed by atoms with Crippen molar-refractivity contribution in [2.75, 3.05) is 7.11 Å². The van der Waals surface area contributed by atoms with E-state index >= 15 is 0 Å². The summed E-state index contributed by atoms with van der Waals surface area (Å²) in [6.07, 6.45) is 0. The molecule has 3 aromatic rings. The predicted octanol–water partition coefficient (Wildman–Crippen LogP) is 5.46. The third-order valence-electron chi connectivity index (χ3n) is 3.69. The quantitative estimate of drug-likeness (QED) is 0.598. The van der Waals surface area contributed by atoms with Gasteiger partial charge < -0.3 is 4.74 Å². The van der Waals surface area contributed by atoms with Gasteiger partial charge in [-0.15, -0.1) is 0 Å². The monoisotopic (exact) mass is 322 g/mol. The van der Waals surface area contributed by atoms with Crippen LogP contribution in [-0.2, 0) is 4.74 Å². The van der Waals surface area contributed by atoms with E-state index in [0.717, 1.165) is 22.3 Å². The molecule has 0 aliphatic rings. The molecule has 114 valence electrons. The summed E-state index contributed by atoms with van der Waals surface area (Å²) in [4.78, 5) is 12.1. The van der Waals surface area contributed by atoms with E-state index in [0.29, 0.717) is 10.6 Å².